The van der Waals surface area contributed by atoms with Gasteiger partial charge in [-0.1, -0.05) is 12.1 Å². The second-order valence-corrected chi connectivity index (χ2v) is 4.55. The molecule has 1 aromatic carbocycles. The van der Waals surface area contributed by atoms with E-state index in [1.807, 2.05) is 13.0 Å². The van der Waals surface area contributed by atoms with Gasteiger partial charge in [-0.2, -0.15) is 0 Å². The molecule has 102 valence electrons. The Hall–Kier alpha value is -2.04. The van der Waals surface area contributed by atoms with Crippen molar-refractivity contribution in [3.05, 3.63) is 24.3 Å². The van der Waals surface area contributed by atoms with Crippen molar-refractivity contribution < 1.29 is 19.4 Å². The summed E-state index contributed by atoms with van der Waals surface area (Å²) in [5.41, 5.74) is 0.588. The van der Waals surface area contributed by atoms with E-state index >= 15 is 0 Å². The number of carbonyl (C=O) groups excluding carboxylic acids is 1. The number of carboxylic acids is 1. The van der Waals surface area contributed by atoms with Crippen LogP contribution >= 0.6 is 0 Å². The van der Waals surface area contributed by atoms with Crippen LogP contribution in [0.5, 0.6) is 5.75 Å². The predicted molar refractivity (Wildman–Crippen MR) is 70.1 cm³/mol. The number of rotatable bonds is 5. The summed E-state index contributed by atoms with van der Waals surface area (Å²) in [6.45, 7) is 2.37. The fourth-order valence-corrected chi connectivity index (χ4v) is 2.19. The molecule has 1 amide bonds. The molecular formula is C14H17NO4. The number of carboxylic acid groups (broad SMARTS) is 1. The lowest BCUT2D eigenvalue weighted by Crippen LogP contribution is -2.41. The second-order valence-electron chi connectivity index (χ2n) is 4.55. The summed E-state index contributed by atoms with van der Waals surface area (Å²) >= 11 is 0. The van der Waals surface area contributed by atoms with Crippen molar-refractivity contribution >= 4 is 17.6 Å². The van der Waals surface area contributed by atoms with Gasteiger partial charge in [-0.3, -0.25) is 9.59 Å². The van der Waals surface area contributed by atoms with Crippen molar-refractivity contribution in [2.45, 2.75) is 19.8 Å². The van der Waals surface area contributed by atoms with E-state index in [0.29, 0.717) is 30.9 Å². The Morgan fingerprint density at radius 3 is 2.58 bits per heavy atom. The average molecular weight is 263 g/mol. The lowest BCUT2D eigenvalue weighted by molar-refractivity contribution is -0.151. The molecule has 0 aromatic heterocycles. The molecule has 2 rings (SSSR count). The number of nitrogens with one attached hydrogen (secondary N) is 1. The van der Waals surface area contributed by atoms with Crippen LogP contribution in [0.1, 0.15) is 19.8 Å². The van der Waals surface area contributed by atoms with E-state index in [2.05, 4.69) is 5.32 Å². The van der Waals surface area contributed by atoms with Gasteiger partial charge < -0.3 is 15.2 Å². The summed E-state index contributed by atoms with van der Waals surface area (Å²) in [6.07, 6.45) is 1.19. The van der Waals surface area contributed by atoms with Crippen molar-refractivity contribution in [2.75, 3.05) is 11.9 Å². The van der Waals surface area contributed by atoms with Crippen LogP contribution in [0.4, 0.5) is 5.69 Å². The summed E-state index contributed by atoms with van der Waals surface area (Å²) in [5.74, 6) is -1.54. The highest BCUT2D eigenvalue weighted by atomic mass is 16.5. The quantitative estimate of drug-likeness (QED) is 0.853. The number of aliphatic carboxylic acids is 1. The monoisotopic (exact) mass is 263 g/mol. The van der Waals surface area contributed by atoms with Gasteiger partial charge in [0.1, 0.15) is 5.75 Å². The normalized spacial score (nSPS) is 21.3. The molecule has 0 bridgehead atoms. The predicted octanol–water partition coefficient (Wildman–Crippen LogP) is 2.13. The minimum atomic E-state index is -0.899. The zero-order valence-corrected chi connectivity index (χ0v) is 10.8. The van der Waals surface area contributed by atoms with Crippen molar-refractivity contribution in [3.63, 3.8) is 0 Å². The standard InChI is InChI=1S/C14H17NO4/c1-2-19-12-6-4-3-5-11(12)15-13(16)9-7-8-10(9)14(17)18/h3-6,9-10H,2,7-8H2,1H3,(H,15,16)(H,17,18). The molecule has 0 radical (unpaired) electrons. The Morgan fingerprint density at radius 2 is 2.00 bits per heavy atom. The van der Waals surface area contributed by atoms with E-state index in [9.17, 15) is 9.59 Å². The SMILES string of the molecule is CCOc1ccccc1NC(=O)C1CCC1C(=O)O. The van der Waals surface area contributed by atoms with Crippen LogP contribution < -0.4 is 10.1 Å². The number of para-hydroxylation sites is 2. The van der Waals surface area contributed by atoms with E-state index in [0.717, 1.165) is 0 Å². The number of benzene rings is 1. The minimum absolute atomic E-state index is 0.245. The van der Waals surface area contributed by atoms with Crippen molar-refractivity contribution in [2.24, 2.45) is 11.8 Å². The minimum Gasteiger partial charge on any atom is -0.492 e. The Balaban J connectivity index is 2.05. The lowest BCUT2D eigenvalue weighted by Gasteiger charge is -2.32. The van der Waals surface area contributed by atoms with Gasteiger partial charge in [-0.05, 0) is 31.9 Å². The number of anilines is 1. The second kappa shape index (κ2) is 5.73. The molecule has 1 aliphatic carbocycles. The number of carbonyl (C=O) groups is 2. The molecule has 5 heteroatoms. The van der Waals surface area contributed by atoms with Crippen LogP contribution in [0, 0.1) is 11.8 Å². The van der Waals surface area contributed by atoms with Gasteiger partial charge in [0.2, 0.25) is 5.91 Å². The molecule has 2 unspecified atom stereocenters. The first-order chi connectivity index (χ1) is 9.13. The number of hydrogen-bond acceptors (Lipinski definition) is 3. The van der Waals surface area contributed by atoms with Crippen LogP contribution in [0.25, 0.3) is 0 Å². The van der Waals surface area contributed by atoms with Crippen molar-refractivity contribution in [3.8, 4) is 5.75 Å². The van der Waals surface area contributed by atoms with Gasteiger partial charge in [0.15, 0.2) is 0 Å². The van der Waals surface area contributed by atoms with E-state index < -0.39 is 17.8 Å². The molecule has 2 N–H and O–H groups in total. The molecule has 19 heavy (non-hydrogen) atoms. The largest absolute Gasteiger partial charge is 0.492 e. The molecular weight excluding hydrogens is 246 g/mol. The van der Waals surface area contributed by atoms with Gasteiger partial charge >= 0.3 is 5.97 Å². The van der Waals surface area contributed by atoms with Gasteiger partial charge in [-0.25, -0.2) is 0 Å². The summed E-state index contributed by atoms with van der Waals surface area (Å²) in [7, 11) is 0. The molecule has 1 fully saturated rings. The van der Waals surface area contributed by atoms with E-state index in [1.165, 1.54) is 0 Å². The van der Waals surface area contributed by atoms with Crippen LogP contribution in [0.2, 0.25) is 0 Å². The van der Waals surface area contributed by atoms with E-state index in [-0.39, 0.29) is 5.91 Å². The molecule has 1 aliphatic rings. The molecule has 5 nitrogen and oxygen atoms in total. The highest BCUT2D eigenvalue weighted by molar-refractivity contribution is 5.97. The maximum absolute atomic E-state index is 12.0. The summed E-state index contributed by atoms with van der Waals surface area (Å²) < 4.78 is 5.41. The Bertz CT molecular complexity index is 486. The summed E-state index contributed by atoms with van der Waals surface area (Å²) in [5, 5.41) is 11.7. The van der Waals surface area contributed by atoms with Crippen LogP contribution in [0.15, 0.2) is 24.3 Å². The first kappa shape index (κ1) is 13.4. The molecule has 1 aromatic rings. The smallest absolute Gasteiger partial charge is 0.307 e. The van der Waals surface area contributed by atoms with Crippen molar-refractivity contribution in [1.29, 1.82) is 0 Å². The Morgan fingerprint density at radius 1 is 1.32 bits per heavy atom. The average Bonchev–Trinajstić information content (AvgIpc) is 2.29. The first-order valence-electron chi connectivity index (χ1n) is 6.39. The fourth-order valence-electron chi connectivity index (χ4n) is 2.19. The van der Waals surface area contributed by atoms with Crippen LogP contribution in [-0.4, -0.2) is 23.6 Å². The number of amides is 1. The maximum Gasteiger partial charge on any atom is 0.307 e. The number of hydrogen-bond donors (Lipinski definition) is 2. The van der Waals surface area contributed by atoms with Crippen molar-refractivity contribution in [1.82, 2.24) is 0 Å². The molecule has 1 saturated carbocycles. The zero-order chi connectivity index (χ0) is 13.8. The summed E-state index contributed by atoms with van der Waals surface area (Å²) in [4.78, 5) is 22.9. The maximum atomic E-state index is 12.0. The van der Waals surface area contributed by atoms with E-state index in [1.54, 1.807) is 18.2 Å². The molecule has 0 saturated heterocycles. The lowest BCUT2D eigenvalue weighted by atomic mass is 9.73. The van der Waals surface area contributed by atoms with Gasteiger partial charge in [0, 0.05) is 0 Å². The fraction of sp³-hybridized carbons (Fsp3) is 0.429. The van der Waals surface area contributed by atoms with Crippen LogP contribution in [-0.2, 0) is 9.59 Å². The Labute approximate surface area is 111 Å². The topological polar surface area (TPSA) is 75.6 Å². The summed E-state index contributed by atoms with van der Waals surface area (Å²) in [6, 6.07) is 7.14. The zero-order valence-electron chi connectivity index (χ0n) is 10.8. The van der Waals surface area contributed by atoms with Gasteiger partial charge in [-0.15, -0.1) is 0 Å². The Kier molecular flexibility index (Phi) is 4.04. The molecule has 2 atom stereocenters. The first-order valence-corrected chi connectivity index (χ1v) is 6.39. The molecule has 0 spiro atoms. The highest BCUT2D eigenvalue weighted by Crippen LogP contribution is 2.36. The van der Waals surface area contributed by atoms with E-state index in [4.69, 9.17) is 9.84 Å². The third-order valence-electron chi connectivity index (χ3n) is 3.37. The molecule has 0 heterocycles. The van der Waals surface area contributed by atoms with Gasteiger partial charge in [0.05, 0.1) is 24.1 Å². The van der Waals surface area contributed by atoms with Gasteiger partial charge in [0.25, 0.3) is 0 Å². The highest BCUT2D eigenvalue weighted by Gasteiger charge is 2.41. The van der Waals surface area contributed by atoms with Crippen LogP contribution in [0.3, 0.4) is 0 Å². The number of ether oxygens (including phenoxy) is 1. The third-order valence-corrected chi connectivity index (χ3v) is 3.37. The molecule has 0 aliphatic heterocycles. The third kappa shape index (κ3) is 2.86.